The first-order valence-corrected chi connectivity index (χ1v) is 11.3. The molecule has 1 amide bonds. The summed E-state index contributed by atoms with van der Waals surface area (Å²) >= 11 is 0. The monoisotopic (exact) mass is 404 g/mol. The Hall–Kier alpha value is -2.11. The smallest absolute Gasteiger partial charge is 0.243 e. The number of anilines is 1. The molecule has 1 aliphatic heterocycles. The van der Waals surface area contributed by atoms with Crippen LogP contribution < -0.4 is 10.6 Å². The molecule has 7 nitrogen and oxygen atoms in total. The summed E-state index contributed by atoms with van der Waals surface area (Å²) in [6.45, 7) is 4.61. The number of nitrogens with one attached hydrogen (secondary N) is 2. The van der Waals surface area contributed by atoms with E-state index in [4.69, 9.17) is 0 Å². The molecule has 0 bridgehead atoms. The number of nitriles is 1. The Bertz CT molecular complexity index is 883. The largest absolute Gasteiger partial charge is 0.376 e. The fourth-order valence-corrected chi connectivity index (χ4v) is 5.40. The van der Waals surface area contributed by atoms with Gasteiger partial charge in [-0.05, 0) is 63.1 Å². The zero-order valence-corrected chi connectivity index (χ0v) is 17.3. The lowest BCUT2D eigenvalue weighted by Gasteiger charge is -2.27. The summed E-state index contributed by atoms with van der Waals surface area (Å²) in [4.78, 5) is 12.5. The van der Waals surface area contributed by atoms with Crippen LogP contribution >= 0.6 is 0 Å². The summed E-state index contributed by atoms with van der Waals surface area (Å²) in [5.41, 5.74) is 0.419. The average Bonchev–Trinajstić information content (AvgIpc) is 3.53. The summed E-state index contributed by atoms with van der Waals surface area (Å²) < 4.78 is 27.5. The van der Waals surface area contributed by atoms with E-state index >= 15 is 0 Å². The Morgan fingerprint density at radius 3 is 2.57 bits per heavy atom. The topological polar surface area (TPSA) is 102 Å². The average molecular weight is 405 g/mol. The summed E-state index contributed by atoms with van der Waals surface area (Å²) in [7, 11) is -3.54. The fraction of sp³-hybridized carbons (Fsp3) is 0.600. The van der Waals surface area contributed by atoms with Crippen molar-refractivity contribution in [2.45, 2.75) is 56.4 Å². The van der Waals surface area contributed by atoms with Crippen LogP contribution in [-0.2, 0) is 14.8 Å². The third-order valence-corrected chi connectivity index (χ3v) is 7.64. The number of nitrogens with zero attached hydrogens (tertiary/aromatic N) is 2. The molecule has 8 heteroatoms. The second-order valence-electron chi connectivity index (χ2n) is 7.94. The molecule has 1 saturated heterocycles. The molecule has 1 heterocycles. The maximum absolute atomic E-state index is 13.0. The molecule has 1 aliphatic carbocycles. The summed E-state index contributed by atoms with van der Waals surface area (Å²) in [6, 6.07) is 7.31. The van der Waals surface area contributed by atoms with E-state index in [0.717, 1.165) is 32.1 Å². The summed E-state index contributed by atoms with van der Waals surface area (Å²) in [6.07, 6.45) is 4.73. The van der Waals surface area contributed by atoms with Gasteiger partial charge in [0, 0.05) is 18.8 Å². The Balaban J connectivity index is 1.68. The molecule has 1 aromatic carbocycles. The van der Waals surface area contributed by atoms with Crippen LogP contribution in [0.4, 0.5) is 5.69 Å². The van der Waals surface area contributed by atoms with E-state index in [1.54, 1.807) is 36.4 Å². The van der Waals surface area contributed by atoms with Gasteiger partial charge >= 0.3 is 0 Å². The zero-order valence-electron chi connectivity index (χ0n) is 16.5. The number of hydrogen-bond donors (Lipinski definition) is 2. The molecule has 0 spiro atoms. The van der Waals surface area contributed by atoms with Crippen LogP contribution in [0.1, 0.15) is 44.6 Å². The van der Waals surface area contributed by atoms with Crippen molar-refractivity contribution in [2.24, 2.45) is 5.92 Å². The number of rotatable bonds is 7. The SMILES string of the molecule is Cc1ccc(NCC(=O)NC(C)(C#N)C2CC2)cc1S(=O)(=O)N1CCCCC1. The lowest BCUT2D eigenvalue weighted by Crippen LogP contribution is -2.48. The van der Waals surface area contributed by atoms with Crippen LogP contribution in [-0.4, -0.2) is 43.8 Å². The normalized spacial score (nSPS) is 20.0. The minimum atomic E-state index is -3.54. The molecule has 1 saturated carbocycles. The van der Waals surface area contributed by atoms with E-state index in [1.807, 2.05) is 0 Å². The van der Waals surface area contributed by atoms with Crippen molar-refractivity contribution in [3.8, 4) is 6.07 Å². The molecule has 2 aliphatic rings. The van der Waals surface area contributed by atoms with Gasteiger partial charge in [0.25, 0.3) is 0 Å². The third-order valence-electron chi connectivity index (χ3n) is 5.60. The first kappa shape index (κ1) is 20.6. The molecule has 0 aromatic heterocycles. The van der Waals surface area contributed by atoms with Crippen molar-refractivity contribution in [1.82, 2.24) is 9.62 Å². The second kappa shape index (κ2) is 8.10. The van der Waals surface area contributed by atoms with Crippen LogP contribution in [0.5, 0.6) is 0 Å². The Kier molecular flexibility index (Phi) is 5.96. The lowest BCUT2D eigenvalue weighted by molar-refractivity contribution is -0.120. The summed E-state index contributed by atoms with van der Waals surface area (Å²) in [5.74, 6) is -0.0703. The second-order valence-corrected chi connectivity index (χ2v) is 9.84. The van der Waals surface area contributed by atoms with Crippen LogP contribution in [0.3, 0.4) is 0 Å². The number of piperidine rings is 1. The quantitative estimate of drug-likeness (QED) is 0.726. The molecule has 2 fully saturated rings. The van der Waals surface area contributed by atoms with Crippen molar-refractivity contribution >= 4 is 21.6 Å². The Labute approximate surface area is 167 Å². The highest BCUT2D eigenvalue weighted by Crippen LogP contribution is 2.39. The first-order valence-electron chi connectivity index (χ1n) is 9.83. The Morgan fingerprint density at radius 2 is 1.96 bits per heavy atom. The first-order chi connectivity index (χ1) is 13.3. The van der Waals surface area contributed by atoms with Crippen LogP contribution in [0, 0.1) is 24.2 Å². The maximum atomic E-state index is 13.0. The third kappa shape index (κ3) is 4.47. The number of sulfonamides is 1. The van der Waals surface area contributed by atoms with Crippen molar-refractivity contribution < 1.29 is 13.2 Å². The molecular weight excluding hydrogens is 376 g/mol. The van der Waals surface area contributed by atoms with Gasteiger partial charge in [0.2, 0.25) is 15.9 Å². The van der Waals surface area contributed by atoms with E-state index in [0.29, 0.717) is 24.3 Å². The van der Waals surface area contributed by atoms with E-state index in [9.17, 15) is 18.5 Å². The van der Waals surface area contributed by atoms with Crippen molar-refractivity contribution in [2.75, 3.05) is 25.0 Å². The molecule has 3 rings (SSSR count). The van der Waals surface area contributed by atoms with Gasteiger partial charge in [0.15, 0.2) is 0 Å². The van der Waals surface area contributed by atoms with Crippen LogP contribution in [0.2, 0.25) is 0 Å². The Morgan fingerprint density at radius 1 is 1.29 bits per heavy atom. The molecular formula is C20H28N4O3S. The van der Waals surface area contributed by atoms with Gasteiger partial charge in [0.05, 0.1) is 17.5 Å². The summed E-state index contributed by atoms with van der Waals surface area (Å²) in [5, 5.41) is 15.1. The van der Waals surface area contributed by atoms with E-state index in [1.165, 1.54) is 0 Å². The number of amides is 1. The number of hydrogen-bond acceptors (Lipinski definition) is 5. The number of carbonyl (C=O) groups is 1. The van der Waals surface area contributed by atoms with Gasteiger partial charge in [-0.2, -0.15) is 9.57 Å². The van der Waals surface area contributed by atoms with Crippen LogP contribution in [0.15, 0.2) is 23.1 Å². The molecule has 1 atom stereocenters. The van der Waals surface area contributed by atoms with Crippen LogP contribution in [0.25, 0.3) is 0 Å². The van der Waals surface area contributed by atoms with E-state index in [-0.39, 0.29) is 23.3 Å². The predicted octanol–water partition coefficient (Wildman–Crippen LogP) is 2.39. The van der Waals surface area contributed by atoms with Gasteiger partial charge in [-0.1, -0.05) is 12.5 Å². The molecule has 0 radical (unpaired) electrons. The van der Waals surface area contributed by atoms with Gasteiger partial charge in [-0.3, -0.25) is 4.79 Å². The molecule has 1 unspecified atom stereocenters. The highest BCUT2D eigenvalue weighted by Gasteiger charge is 2.42. The zero-order chi connectivity index (χ0) is 20.4. The fourth-order valence-electron chi connectivity index (χ4n) is 3.63. The molecule has 152 valence electrons. The maximum Gasteiger partial charge on any atom is 0.243 e. The molecule has 2 N–H and O–H groups in total. The number of aryl methyl sites for hydroxylation is 1. The standard InChI is InChI=1S/C20H28N4O3S/c1-15-6-9-17(12-18(15)28(26,27)24-10-4-3-5-11-24)22-13-19(25)23-20(2,14-21)16-7-8-16/h6,9,12,16,22H,3-5,7-8,10-11,13H2,1-2H3,(H,23,25). The van der Waals surface area contributed by atoms with Gasteiger partial charge in [-0.15, -0.1) is 0 Å². The highest BCUT2D eigenvalue weighted by molar-refractivity contribution is 7.89. The van der Waals surface area contributed by atoms with E-state index in [2.05, 4.69) is 16.7 Å². The highest BCUT2D eigenvalue weighted by atomic mass is 32.2. The van der Waals surface area contributed by atoms with Crippen molar-refractivity contribution in [1.29, 1.82) is 5.26 Å². The van der Waals surface area contributed by atoms with Gasteiger partial charge in [0.1, 0.15) is 5.54 Å². The predicted molar refractivity (Wildman–Crippen MR) is 107 cm³/mol. The minimum absolute atomic E-state index is 0.0176. The molecule has 28 heavy (non-hydrogen) atoms. The van der Waals surface area contributed by atoms with Crippen molar-refractivity contribution in [3.05, 3.63) is 23.8 Å². The van der Waals surface area contributed by atoms with Crippen molar-refractivity contribution in [3.63, 3.8) is 0 Å². The van der Waals surface area contributed by atoms with Gasteiger partial charge < -0.3 is 10.6 Å². The minimum Gasteiger partial charge on any atom is -0.376 e. The van der Waals surface area contributed by atoms with Gasteiger partial charge in [-0.25, -0.2) is 8.42 Å². The number of carbonyl (C=O) groups excluding carboxylic acids is 1. The number of benzene rings is 1. The molecule has 1 aromatic rings. The van der Waals surface area contributed by atoms with E-state index < -0.39 is 15.6 Å². The lowest BCUT2D eigenvalue weighted by atomic mass is 9.98.